The minimum Gasteiger partial charge on any atom is -0.383 e. The summed E-state index contributed by atoms with van der Waals surface area (Å²) in [7, 11) is 1.81. The second kappa shape index (κ2) is 8.92. The molecule has 2 rings (SSSR count). The van der Waals surface area contributed by atoms with E-state index in [0.29, 0.717) is 24.1 Å². The van der Waals surface area contributed by atoms with Crippen LogP contribution in [0.2, 0.25) is 5.02 Å². The predicted molar refractivity (Wildman–Crippen MR) is 111 cm³/mol. The van der Waals surface area contributed by atoms with Crippen LogP contribution in [0.25, 0.3) is 0 Å². The second-order valence-electron chi connectivity index (χ2n) is 7.73. The molecule has 0 fully saturated rings. The Hall–Kier alpha value is -2.12. The second-order valence-corrected chi connectivity index (χ2v) is 8.14. The van der Waals surface area contributed by atoms with Crippen LogP contribution in [-0.4, -0.2) is 40.5 Å². The molecule has 0 aliphatic heterocycles. The predicted octanol–water partition coefficient (Wildman–Crippen LogP) is 2.95. The molecule has 1 aromatic carbocycles. The number of aliphatic imine (C=N–C) groups is 1. The van der Waals surface area contributed by atoms with Gasteiger partial charge in [-0.2, -0.15) is 5.10 Å². The molecule has 0 bridgehead atoms. The Balaban J connectivity index is 2.10. The van der Waals surface area contributed by atoms with Crippen LogP contribution in [0.1, 0.15) is 38.8 Å². The van der Waals surface area contributed by atoms with Crippen molar-refractivity contribution in [1.29, 1.82) is 0 Å². The molecule has 154 valence electrons. The van der Waals surface area contributed by atoms with Crippen molar-refractivity contribution >= 4 is 17.6 Å². The Bertz CT molecular complexity index is 832. The van der Waals surface area contributed by atoms with Gasteiger partial charge in [0.15, 0.2) is 5.96 Å². The van der Waals surface area contributed by atoms with E-state index in [0.717, 1.165) is 11.1 Å². The molecule has 0 aliphatic carbocycles. The Kier molecular flexibility index (Phi) is 7.06. The first kappa shape index (κ1) is 22.2. The van der Waals surface area contributed by atoms with Crippen LogP contribution in [0.15, 0.2) is 35.6 Å². The first-order valence-corrected chi connectivity index (χ1v) is 9.62. The smallest absolute Gasteiger partial charge is 0.191 e. The summed E-state index contributed by atoms with van der Waals surface area (Å²) in [5.74, 6) is 0.221. The van der Waals surface area contributed by atoms with Gasteiger partial charge in [-0.1, -0.05) is 31.5 Å². The Morgan fingerprint density at radius 1 is 1.32 bits per heavy atom. The highest BCUT2D eigenvalue weighted by Crippen LogP contribution is 2.30. The molecule has 28 heavy (non-hydrogen) atoms. The van der Waals surface area contributed by atoms with Crippen LogP contribution >= 0.6 is 11.6 Å². The molecule has 3 N–H and O–H groups in total. The van der Waals surface area contributed by atoms with Crippen LogP contribution in [-0.2, 0) is 18.1 Å². The summed E-state index contributed by atoms with van der Waals surface area (Å²) in [6.45, 7) is 9.08. The van der Waals surface area contributed by atoms with E-state index in [1.165, 1.54) is 12.1 Å². The Labute approximate surface area is 170 Å². The van der Waals surface area contributed by atoms with E-state index < -0.39 is 5.60 Å². The van der Waals surface area contributed by atoms with Gasteiger partial charge in [0, 0.05) is 35.8 Å². The monoisotopic (exact) mass is 409 g/mol. The zero-order chi connectivity index (χ0) is 20.9. The molecular weight excluding hydrogens is 381 g/mol. The molecule has 0 amide bonds. The molecule has 2 aromatic rings. The first-order chi connectivity index (χ1) is 13.0. The van der Waals surface area contributed by atoms with Crippen molar-refractivity contribution in [2.24, 2.45) is 12.0 Å². The number of halogens is 2. The number of aliphatic hydroxyl groups is 1. The maximum Gasteiger partial charge on any atom is 0.191 e. The average Bonchev–Trinajstić information content (AvgIpc) is 3.04. The van der Waals surface area contributed by atoms with Crippen molar-refractivity contribution in [2.45, 2.75) is 38.7 Å². The minimum absolute atomic E-state index is 0.266. The standard InChI is InChI=1S/C20H29ClFN5O/c1-6-23-18(25-13-20(4,28)14-10-26-27(5)11-14)24-12-19(2,3)16-8-7-15(22)9-17(16)21/h7-11,28H,6,12-13H2,1-5H3,(H2,23,24,25). The lowest BCUT2D eigenvalue weighted by Gasteiger charge is -2.26. The molecule has 1 heterocycles. The third-order valence-corrected chi connectivity index (χ3v) is 4.88. The molecule has 0 aliphatic rings. The van der Waals surface area contributed by atoms with Crippen molar-refractivity contribution < 1.29 is 9.50 Å². The van der Waals surface area contributed by atoms with Gasteiger partial charge in [-0.05, 0) is 31.5 Å². The quantitative estimate of drug-likeness (QED) is 0.485. The van der Waals surface area contributed by atoms with E-state index in [4.69, 9.17) is 11.6 Å². The van der Waals surface area contributed by atoms with Gasteiger partial charge >= 0.3 is 0 Å². The first-order valence-electron chi connectivity index (χ1n) is 9.24. The van der Waals surface area contributed by atoms with E-state index in [9.17, 15) is 9.50 Å². The van der Waals surface area contributed by atoms with Crippen molar-refractivity contribution in [1.82, 2.24) is 20.4 Å². The fraction of sp³-hybridized carbons (Fsp3) is 0.500. The normalized spacial score (nSPS) is 14.6. The van der Waals surface area contributed by atoms with E-state index in [-0.39, 0.29) is 17.8 Å². The highest BCUT2D eigenvalue weighted by Gasteiger charge is 2.26. The highest BCUT2D eigenvalue weighted by atomic mass is 35.5. The Morgan fingerprint density at radius 2 is 2.04 bits per heavy atom. The number of aromatic nitrogens is 2. The third-order valence-electron chi connectivity index (χ3n) is 4.56. The summed E-state index contributed by atoms with van der Waals surface area (Å²) in [6, 6.07) is 4.42. The summed E-state index contributed by atoms with van der Waals surface area (Å²) in [5, 5.41) is 21.6. The number of rotatable bonds is 7. The number of aryl methyl sites for hydroxylation is 1. The SMILES string of the molecule is CCNC(=NCC(C)(C)c1ccc(F)cc1Cl)NCC(C)(O)c1cnn(C)c1. The lowest BCUT2D eigenvalue weighted by Crippen LogP contribution is -2.45. The van der Waals surface area contributed by atoms with Crippen molar-refractivity contribution in [3.63, 3.8) is 0 Å². The van der Waals surface area contributed by atoms with Gasteiger partial charge in [0.05, 0.1) is 19.3 Å². The number of hydrogen-bond donors (Lipinski definition) is 3. The summed E-state index contributed by atoms with van der Waals surface area (Å²) < 4.78 is 15.0. The van der Waals surface area contributed by atoms with Gasteiger partial charge in [-0.15, -0.1) is 0 Å². The van der Waals surface area contributed by atoms with Gasteiger partial charge in [-0.3, -0.25) is 9.67 Å². The summed E-state index contributed by atoms with van der Waals surface area (Å²) >= 11 is 6.22. The summed E-state index contributed by atoms with van der Waals surface area (Å²) in [5.41, 5.74) is 0.0634. The fourth-order valence-electron chi connectivity index (χ4n) is 2.80. The highest BCUT2D eigenvalue weighted by molar-refractivity contribution is 6.31. The molecule has 0 radical (unpaired) electrons. The van der Waals surface area contributed by atoms with Crippen molar-refractivity contribution in [3.8, 4) is 0 Å². The van der Waals surface area contributed by atoms with Gasteiger partial charge < -0.3 is 15.7 Å². The third kappa shape index (κ3) is 5.69. The molecule has 0 spiro atoms. The van der Waals surface area contributed by atoms with Crippen molar-refractivity contribution in [3.05, 3.63) is 52.6 Å². The number of hydrogen-bond acceptors (Lipinski definition) is 3. The summed E-state index contributed by atoms with van der Waals surface area (Å²) in [6.07, 6.45) is 3.43. The molecule has 8 heteroatoms. The molecule has 0 saturated heterocycles. The fourth-order valence-corrected chi connectivity index (χ4v) is 3.22. The molecule has 1 aromatic heterocycles. The van der Waals surface area contributed by atoms with Crippen LogP contribution < -0.4 is 10.6 Å². The number of benzene rings is 1. The van der Waals surface area contributed by atoms with Gasteiger partial charge in [-0.25, -0.2) is 4.39 Å². The van der Waals surface area contributed by atoms with Crippen LogP contribution in [0, 0.1) is 5.82 Å². The van der Waals surface area contributed by atoms with E-state index >= 15 is 0 Å². The van der Waals surface area contributed by atoms with Crippen molar-refractivity contribution in [2.75, 3.05) is 19.6 Å². The van der Waals surface area contributed by atoms with Crippen LogP contribution in [0.5, 0.6) is 0 Å². The molecule has 0 saturated carbocycles. The molecule has 1 atom stereocenters. The van der Waals surface area contributed by atoms with Crippen LogP contribution in [0.3, 0.4) is 0 Å². The van der Waals surface area contributed by atoms with Crippen LogP contribution in [0.4, 0.5) is 4.39 Å². The molecule has 6 nitrogen and oxygen atoms in total. The van der Waals surface area contributed by atoms with Gasteiger partial charge in [0.2, 0.25) is 0 Å². The van der Waals surface area contributed by atoms with E-state index in [2.05, 4.69) is 20.7 Å². The van der Waals surface area contributed by atoms with E-state index in [1.807, 2.05) is 20.8 Å². The molecular formula is C20H29ClFN5O. The zero-order valence-corrected chi connectivity index (χ0v) is 17.8. The topological polar surface area (TPSA) is 74.5 Å². The average molecular weight is 410 g/mol. The minimum atomic E-state index is -1.10. The van der Waals surface area contributed by atoms with Gasteiger partial charge in [0.1, 0.15) is 11.4 Å². The lowest BCUT2D eigenvalue weighted by molar-refractivity contribution is 0.0616. The lowest BCUT2D eigenvalue weighted by atomic mass is 9.84. The largest absolute Gasteiger partial charge is 0.383 e. The maximum atomic E-state index is 13.3. The Morgan fingerprint density at radius 3 is 2.61 bits per heavy atom. The molecule has 1 unspecified atom stereocenters. The maximum absolute atomic E-state index is 13.3. The number of guanidine groups is 1. The number of nitrogens with zero attached hydrogens (tertiary/aromatic N) is 3. The van der Waals surface area contributed by atoms with E-state index in [1.54, 1.807) is 37.1 Å². The number of nitrogens with one attached hydrogen (secondary N) is 2. The van der Waals surface area contributed by atoms with Gasteiger partial charge in [0.25, 0.3) is 0 Å². The summed E-state index contributed by atoms with van der Waals surface area (Å²) in [4.78, 5) is 4.64. The zero-order valence-electron chi connectivity index (χ0n) is 17.1.